The van der Waals surface area contributed by atoms with E-state index in [1.54, 1.807) is 0 Å². The summed E-state index contributed by atoms with van der Waals surface area (Å²) in [6.45, 7) is 2.79. The van der Waals surface area contributed by atoms with Gasteiger partial charge in [-0.1, -0.05) is 32.1 Å². The third-order valence-corrected chi connectivity index (χ3v) is 3.43. The lowest BCUT2D eigenvalue weighted by Crippen LogP contribution is -2.28. The first-order valence-electron chi connectivity index (χ1n) is 6.70. The van der Waals surface area contributed by atoms with Crippen LogP contribution in [0.4, 0.5) is 0 Å². The van der Waals surface area contributed by atoms with E-state index >= 15 is 0 Å². The molecule has 16 heavy (non-hydrogen) atoms. The Hall–Kier alpha value is -0.570. The Balaban J connectivity index is 1.99. The maximum Gasteiger partial charge on any atom is 0.220 e. The van der Waals surface area contributed by atoms with E-state index in [1.165, 1.54) is 32.1 Å². The monoisotopic (exact) mass is 226 g/mol. The summed E-state index contributed by atoms with van der Waals surface area (Å²) < 4.78 is 0. The van der Waals surface area contributed by atoms with Crippen molar-refractivity contribution in [1.82, 2.24) is 5.32 Å². The molecule has 1 atom stereocenters. The van der Waals surface area contributed by atoms with Crippen LogP contribution >= 0.6 is 0 Å². The summed E-state index contributed by atoms with van der Waals surface area (Å²) in [5.41, 5.74) is 5.61. The summed E-state index contributed by atoms with van der Waals surface area (Å²) in [7, 11) is 0. The summed E-state index contributed by atoms with van der Waals surface area (Å²) in [4.78, 5) is 11.4. The molecule has 1 aliphatic carbocycles. The quantitative estimate of drug-likeness (QED) is 0.729. The van der Waals surface area contributed by atoms with Crippen molar-refractivity contribution in [3.63, 3.8) is 0 Å². The molecule has 0 saturated heterocycles. The highest BCUT2D eigenvalue weighted by Crippen LogP contribution is 2.25. The Kier molecular flexibility index (Phi) is 6.46. The van der Waals surface area contributed by atoms with Crippen molar-refractivity contribution in [2.45, 2.75) is 64.3 Å². The molecular weight excluding hydrogens is 200 g/mol. The molecule has 0 bridgehead atoms. The zero-order chi connectivity index (χ0) is 11.8. The van der Waals surface area contributed by atoms with Crippen LogP contribution in [0.25, 0.3) is 0 Å². The Morgan fingerprint density at radius 2 is 2.06 bits per heavy atom. The molecule has 94 valence electrons. The van der Waals surface area contributed by atoms with Gasteiger partial charge in [0.15, 0.2) is 0 Å². The van der Waals surface area contributed by atoms with Crippen molar-refractivity contribution < 1.29 is 4.79 Å². The fourth-order valence-corrected chi connectivity index (χ4v) is 2.34. The van der Waals surface area contributed by atoms with Gasteiger partial charge in [-0.3, -0.25) is 4.79 Å². The van der Waals surface area contributed by atoms with E-state index in [2.05, 4.69) is 5.32 Å². The maximum atomic E-state index is 11.4. The molecule has 3 nitrogen and oxygen atoms in total. The van der Waals surface area contributed by atoms with Crippen LogP contribution in [0.2, 0.25) is 0 Å². The van der Waals surface area contributed by atoms with Crippen LogP contribution in [-0.4, -0.2) is 18.5 Å². The van der Waals surface area contributed by atoms with Crippen LogP contribution in [-0.2, 0) is 4.79 Å². The predicted octanol–water partition coefficient (Wildman–Crippen LogP) is 2.20. The van der Waals surface area contributed by atoms with Crippen molar-refractivity contribution in [2.24, 2.45) is 11.7 Å². The number of nitrogens with two attached hydrogens (primary N) is 1. The van der Waals surface area contributed by atoms with Crippen LogP contribution in [0.5, 0.6) is 0 Å². The van der Waals surface area contributed by atoms with Crippen molar-refractivity contribution in [3.8, 4) is 0 Å². The summed E-state index contributed by atoms with van der Waals surface area (Å²) in [6, 6.07) is 0.129. The Morgan fingerprint density at radius 1 is 1.38 bits per heavy atom. The average molecular weight is 226 g/mol. The fraction of sp³-hybridized carbons (Fsp3) is 0.923. The summed E-state index contributed by atoms with van der Waals surface area (Å²) in [5, 5.41) is 2.99. The molecule has 1 fully saturated rings. The maximum absolute atomic E-state index is 11.4. The highest BCUT2D eigenvalue weighted by atomic mass is 16.1. The highest BCUT2D eigenvalue weighted by Gasteiger charge is 2.13. The summed E-state index contributed by atoms with van der Waals surface area (Å²) >= 11 is 0. The van der Waals surface area contributed by atoms with E-state index in [1.807, 2.05) is 6.92 Å². The molecule has 1 amide bonds. The van der Waals surface area contributed by atoms with E-state index in [-0.39, 0.29) is 11.9 Å². The van der Waals surface area contributed by atoms with Crippen LogP contribution in [0.3, 0.4) is 0 Å². The number of hydrogen-bond acceptors (Lipinski definition) is 2. The van der Waals surface area contributed by atoms with E-state index in [4.69, 9.17) is 5.73 Å². The minimum atomic E-state index is 0.129. The van der Waals surface area contributed by atoms with E-state index in [9.17, 15) is 4.79 Å². The van der Waals surface area contributed by atoms with E-state index in [0.29, 0.717) is 6.42 Å². The van der Waals surface area contributed by atoms with Gasteiger partial charge in [0.05, 0.1) is 0 Å². The molecule has 0 aromatic carbocycles. The molecule has 0 heterocycles. The second kappa shape index (κ2) is 7.66. The zero-order valence-corrected chi connectivity index (χ0v) is 10.5. The Labute approximate surface area is 99.2 Å². The molecule has 1 saturated carbocycles. The number of rotatable bonds is 6. The molecular formula is C13H26N2O. The van der Waals surface area contributed by atoms with Crippen LogP contribution in [0.1, 0.15) is 58.3 Å². The number of amides is 1. The highest BCUT2D eigenvalue weighted by molar-refractivity contribution is 5.75. The zero-order valence-electron chi connectivity index (χ0n) is 10.5. The SMILES string of the molecule is CC(N)CCC(=O)NCCC1CCCCC1. The lowest BCUT2D eigenvalue weighted by molar-refractivity contribution is -0.121. The largest absolute Gasteiger partial charge is 0.356 e. The second-order valence-corrected chi connectivity index (χ2v) is 5.16. The first-order valence-corrected chi connectivity index (χ1v) is 6.70. The molecule has 1 unspecified atom stereocenters. The van der Waals surface area contributed by atoms with Gasteiger partial charge in [0.25, 0.3) is 0 Å². The molecule has 0 aromatic heterocycles. The van der Waals surface area contributed by atoms with Crippen LogP contribution in [0, 0.1) is 5.92 Å². The number of hydrogen-bond donors (Lipinski definition) is 2. The number of nitrogens with one attached hydrogen (secondary N) is 1. The third-order valence-electron chi connectivity index (χ3n) is 3.43. The Bertz CT molecular complexity index is 198. The van der Waals surface area contributed by atoms with Gasteiger partial charge in [0, 0.05) is 19.0 Å². The number of carbonyl (C=O) groups is 1. The van der Waals surface area contributed by atoms with Crippen molar-refractivity contribution in [3.05, 3.63) is 0 Å². The van der Waals surface area contributed by atoms with E-state index < -0.39 is 0 Å². The average Bonchev–Trinajstić information content (AvgIpc) is 2.28. The van der Waals surface area contributed by atoms with Gasteiger partial charge in [0.1, 0.15) is 0 Å². The Morgan fingerprint density at radius 3 is 2.69 bits per heavy atom. The van der Waals surface area contributed by atoms with Gasteiger partial charge in [-0.25, -0.2) is 0 Å². The van der Waals surface area contributed by atoms with Gasteiger partial charge in [-0.2, -0.15) is 0 Å². The standard InChI is InChI=1S/C13H26N2O/c1-11(14)7-8-13(16)15-10-9-12-5-3-2-4-6-12/h11-12H,2-10,14H2,1H3,(H,15,16). The van der Waals surface area contributed by atoms with Crippen LogP contribution < -0.4 is 11.1 Å². The lowest BCUT2D eigenvalue weighted by atomic mass is 9.87. The molecule has 0 aliphatic heterocycles. The molecule has 3 heteroatoms. The topological polar surface area (TPSA) is 55.1 Å². The number of carbonyl (C=O) groups excluding carboxylic acids is 1. The molecule has 3 N–H and O–H groups in total. The van der Waals surface area contributed by atoms with Crippen molar-refractivity contribution in [1.29, 1.82) is 0 Å². The first kappa shape index (κ1) is 13.5. The molecule has 1 aliphatic rings. The molecule has 0 spiro atoms. The van der Waals surface area contributed by atoms with Gasteiger partial charge in [0.2, 0.25) is 5.91 Å². The van der Waals surface area contributed by atoms with Gasteiger partial charge in [-0.15, -0.1) is 0 Å². The third kappa shape index (κ3) is 6.11. The molecule has 0 radical (unpaired) electrons. The van der Waals surface area contributed by atoms with E-state index in [0.717, 1.165) is 25.3 Å². The van der Waals surface area contributed by atoms with Gasteiger partial charge in [-0.05, 0) is 25.7 Å². The van der Waals surface area contributed by atoms with Gasteiger partial charge >= 0.3 is 0 Å². The predicted molar refractivity (Wildman–Crippen MR) is 67.1 cm³/mol. The normalized spacial score (nSPS) is 19.4. The van der Waals surface area contributed by atoms with Crippen molar-refractivity contribution >= 4 is 5.91 Å². The smallest absolute Gasteiger partial charge is 0.220 e. The summed E-state index contributed by atoms with van der Waals surface area (Å²) in [5.74, 6) is 1.01. The minimum absolute atomic E-state index is 0.129. The van der Waals surface area contributed by atoms with Crippen LogP contribution in [0.15, 0.2) is 0 Å². The minimum Gasteiger partial charge on any atom is -0.356 e. The van der Waals surface area contributed by atoms with Crippen molar-refractivity contribution in [2.75, 3.05) is 6.54 Å². The fourth-order valence-electron chi connectivity index (χ4n) is 2.34. The van der Waals surface area contributed by atoms with Gasteiger partial charge < -0.3 is 11.1 Å². The first-order chi connectivity index (χ1) is 7.68. The molecule has 1 rings (SSSR count). The molecule has 0 aromatic rings. The second-order valence-electron chi connectivity index (χ2n) is 5.16. The lowest BCUT2D eigenvalue weighted by Gasteiger charge is -2.21. The summed E-state index contributed by atoms with van der Waals surface area (Å²) in [6.07, 6.45) is 9.39.